The molecule has 5 nitrogen and oxygen atoms in total. The van der Waals surface area contributed by atoms with E-state index in [1.54, 1.807) is 17.8 Å². The van der Waals surface area contributed by atoms with E-state index in [1.165, 1.54) is 11.3 Å². The first-order valence-corrected chi connectivity index (χ1v) is 5.36. The molecule has 0 aliphatic rings. The van der Waals surface area contributed by atoms with Crippen molar-refractivity contribution >= 4 is 23.3 Å². The van der Waals surface area contributed by atoms with Crippen LogP contribution in [-0.2, 0) is 20.7 Å². The number of aliphatic carboxylic acids is 1. The highest BCUT2D eigenvalue weighted by atomic mass is 32.1. The lowest BCUT2D eigenvalue weighted by Crippen LogP contribution is -2.28. The van der Waals surface area contributed by atoms with E-state index in [0.29, 0.717) is 5.69 Å². The van der Waals surface area contributed by atoms with Gasteiger partial charge in [-0.1, -0.05) is 0 Å². The summed E-state index contributed by atoms with van der Waals surface area (Å²) >= 11 is 1.36. The summed E-state index contributed by atoms with van der Waals surface area (Å²) in [7, 11) is 0. The molecule has 0 fully saturated rings. The monoisotopic (exact) mass is 229 g/mol. The minimum Gasteiger partial charge on any atom is -0.481 e. The number of hydrogen-bond donors (Lipinski definition) is 1. The Morgan fingerprint density at radius 1 is 1.67 bits per heavy atom. The third-order valence-electron chi connectivity index (χ3n) is 1.77. The van der Waals surface area contributed by atoms with Crippen LogP contribution in [0.5, 0.6) is 0 Å². The van der Waals surface area contributed by atoms with Gasteiger partial charge >= 0.3 is 11.9 Å². The maximum Gasteiger partial charge on any atom is 0.320 e. The molecule has 1 aromatic rings. The van der Waals surface area contributed by atoms with Crippen molar-refractivity contribution < 1.29 is 19.4 Å². The summed E-state index contributed by atoms with van der Waals surface area (Å²) in [5.41, 5.74) is 2.19. The summed E-state index contributed by atoms with van der Waals surface area (Å²) in [5.74, 6) is -3.05. The van der Waals surface area contributed by atoms with E-state index < -0.39 is 17.9 Å². The number of hydrogen-bond acceptors (Lipinski definition) is 5. The van der Waals surface area contributed by atoms with Gasteiger partial charge in [0.15, 0.2) is 5.92 Å². The summed E-state index contributed by atoms with van der Waals surface area (Å²) in [6, 6.07) is 0. The Bertz CT molecular complexity index is 336. The number of nitrogens with zero attached hydrogens (tertiary/aromatic N) is 1. The third kappa shape index (κ3) is 3.32. The number of carbonyl (C=O) groups excluding carboxylic acids is 1. The predicted octanol–water partition coefficient (Wildman–Crippen LogP) is 0.950. The molecular weight excluding hydrogens is 218 g/mol. The highest BCUT2D eigenvalue weighted by Crippen LogP contribution is 2.11. The van der Waals surface area contributed by atoms with Crippen LogP contribution in [-0.4, -0.2) is 28.6 Å². The molecule has 1 unspecified atom stereocenters. The van der Waals surface area contributed by atoms with Gasteiger partial charge in [0.1, 0.15) is 0 Å². The fraction of sp³-hybridized carbons (Fsp3) is 0.444. The number of aromatic nitrogens is 1. The Kier molecular flexibility index (Phi) is 4.23. The van der Waals surface area contributed by atoms with E-state index in [-0.39, 0.29) is 13.0 Å². The molecule has 0 aliphatic heterocycles. The van der Waals surface area contributed by atoms with Crippen LogP contribution in [0.2, 0.25) is 0 Å². The summed E-state index contributed by atoms with van der Waals surface area (Å²) in [5, 5.41) is 10.6. The number of carboxylic acids is 1. The topological polar surface area (TPSA) is 76.5 Å². The molecule has 0 saturated carbocycles. The molecule has 1 rings (SSSR count). The van der Waals surface area contributed by atoms with Crippen molar-refractivity contribution in [3.05, 3.63) is 16.6 Å². The van der Waals surface area contributed by atoms with Gasteiger partial charge in [0.2, 0.25) is 0 Å². The summed E-state index contributed by atoms with van der Waals surface area (Å²) in [6.07, 6.45) is 0.0810. The normalized spacial score (nSPS) is 12.1. The lowest BCUT2D eigenvalue weighted by molar-refractivity contribution is -0.158. The summed E-state index contributed by atoms with van der Waals surface area (Å²) in [6.45, 7) is 1.82. The van der Waals surface area contributed by atoms with E-state index in [1.807, 2.05) is 0 Å². The molecule has 6 heteroatoms. The zero-order valence-electron chi connectivity index (χ0n) is 8.17. The van der Waals surface area contributed by atoms with Crippen LogP contribution >= 0.6 is 11.3 Å². The van der Waals surface area contributed by atoms with E-state index in [2.05, 4.69) is 9.72 Å². The lowest BCUT2D eigenvalue weighted by Gasteiger charge is -2.09. The van der Waals surface area contributed by atoms with Crippen molar-refractivity contribution in [2.45, 2.75) is 13.3 Å². The molecule has 0 radical (unpaired) electrons. The molecular formula is C9H11NO4S. The zero-order valence-corrected chi connectivity index (χ0v) is 8.99. The Labute approximate surface area is 90.7 Å². The Morgan fingerprint density at radius 2 is 2.40 bits per heavy atom. The minimum atomic E-state index is -1.18. The highest BCUT2D eigenvalue weighted by molar-refractivity contribution is 7.07. The van der Waals surface area contributed by atoms with Crippen molar-refractivity contribution in [3.8, 4) is 0 Å². The van der Waals surface area contributed by atoms with Crippen LogP contribution in [0.3, 0.4) is 0 Å². The van der Waals surface area contributed by atoms with Crippen molar-refractivity contribution in [2.75, 3.05) is 6.61 Å². The van der Waals surface area contributed by atoms with Crippen LogP contribution in [0.1, 0.15) is 12.6 Å². The zero-order chi connectivity index (χ0) is 11.3. The van der Waals surface area contributed by atoms with Gasteiger partial charge in [0, 0.05) is 11.8 Å². The Balaban J connectivity index is 2.66. The molecule has 15 heavy (non-hydrogen) atoms. The van der Waals surface area contributed by atoms with Gasteiger partial charge in [0.25, 0.3) is 0 Å². The molecule has 0 bridgehead atoms. The summed E-state index contributed by atoms with van der Waals surface area (Å²) < 4.78 is 4.67. The molecule has 82 valence electrons. The number of carbonyl (C=O) groups is 2. The largest absolute Gasteiger partial charge is 0.481 e. The van der Waals surface area contributed by atoms with Gasteiger partial charge < -0.3 is 9.84 Å². The average molecular weight is 229 g/mol. The van der Waals surface area contributed by atoms with E-state index in [0.717, 1.165) is 0 Å². The Hall–Kier alpha value is -1.43. The van der Waals surface area contributed by atoms with Crippen molar-refractivity contribution in [1.82, 2.24) is 4.98 Å². The molecule has 0 aromatic carbocycles. The number of thiazole rings is 1. The van der Waals surface area contributed by atoms with Crippen LogP contribution in [0, 0.1) is 5.92 Å². The van der Waals surface area contributed by atoms with E-state index >= 15 is 0 Å². The van der Waals surface area contributed by atoms with E-state index in [4.69, 9.17) is 5.11 Å². The first-order valence-electron chi connectivity index (χ1n) is 4.41. The lowest BCUT2D eigenvalue weighted by atomic mass is 10.0. The Morgan fingerprint density at radius 3 is 2.87 bits per heavy atom. The molecule has 1 heterocycles. The fourth-order valence-corrected chi connectivity index (χ4v) is 1.63. The molecule has 1 N–H and O–H groups in total. The van der Waals surface area contributed by atoms with Crippen molar-refractivity contribution in [1.29, 1.82) is 0 Å². The van der Waals surface area contributed by atoms with Gasteiger partial charge in [-0.3, -0.25) is 9.59 Å². The number of esters is 1. The maximum atomic E-state index is 11.3. The molecule has 0 aliphatic carbocycles. The van der Waals surface area contributed by atoms with Gasteiger partial charge in [-0.05, 0) is 6.92 Å². The van der Waals surface area contributed by atoms with Crippen molar-refractivity contribution in [2.24, 2.45) is 5.92 Å². The number of rotatable bonds is 5. The highest BCUT2D eigenvalue weighted by Gasteiger charge is 2.28. The second-order valence-corrected chi connectivity index (χ2v) is 3.55. The smallest absolute Gasteiger partial charge is 0.320 e. The second kappa shape index (κ2) is 5.45. The molecule has 0 spiro atoms. The van der Waals surface area contributed by atoms with Gasteiger partial charge in [0.05, 0.1) is 17.8 Å². The second-order valence-electron chi connectivity index (χ2n) is 2.83. The van der Waals surface area contributed by atoms with Gasteiger partial charge in [-0.15, -0.1) is 11.3 Å². The molecule has 0 amide bonds. The standard InChI is InChI=1S/C9H11NO4S/c1-2-14-9(13)7(8(11)12)3-6-4-15-5-10-6/h4-5,7H,2-3H2,1H3,(H,11,12). The first-order chi connectivity index (χ1) is 7.15. The van der Waals surface area contributed by atoms with Crippen LogP contribution in [0.4, 0.5) is 0 Å². The minimum absolute atomic E-state index is 0.0810. The molecule has 1 aromatic heterocycles. The average Bonchev–Trinajstić information content (AvgIpc) is 2.66. The van der Waals surface area contributed by atoms with Crippen LogP contribution < -0.4 is 0 Å². The molecule has 0 saturated heterocycles. The van der Waals surface area contributed by atoms with Crippen LogP contribution in [0.15, 0.2) is 10.9 Å². The van der Waals surface area contributed by atoms with Crippen molar-refractivity contribution in [3.63, 3.8) is 0 Å². The first kappa shape index (κ1) is 11.6. The quantitative estimate of drug-likeness (QED) is 0.601. The van der Waals surface area contributed by atoms with Crippen LogP contribution in [0.25, 0.3) is 0 Å². The SMILES string of the molecule is CCOC(=O)C(Cc1cscn1)C(=O)O. The number of ether oxygens (including phenoxy) is 1. The molecule has 1 atom stereocenters. The van der Waals surface area contributed by atoms with Gasteiger partial charge in [-0.25, -0.2) is 4.98 Å². The fourth-order valence-electron chi connectivity index (χ4n) is 1.06. The summed E-state index contributed by atoms with van der Waals surface area (Å²) in [4.78, 5) is 26.0. The van der Waals surface area contributed by atoms with E-state index in [9.17, 15) is 9.59 Å². The third-order valence-corrected chi connectivity index (χ3v) is 2.40. The predicted molar refractivity (Wildman–Crippen MR) is 53.6 cm³/mol. The number of carboxylic acid groups (broad SMARTS) is 1. The van der Waals surface area contributed by atoms with Gasteiger partial charge in [-0.2, -0.15) is 0 Å². The maximum absolute atomic E-state index is 11.3.